The molecule has 2 fully saturated rings. The van der Waals surface area contributed by atoms with Crippen LogP contribution in [0.15, 0.2) is 53.4 Å². The standard InChI is InChI=1S/C25H21FN6O3S/c1-31-21(8-19(30-31)20-11-36-12-28-20)25(34)32-9-16-17(10-32)23(16)35-22-7-14(24(27)33)6-18(29-22)13-2-4-15(26)5-3-13/h2-8,11-12,16-17,23H,9-10H2,1H3,(H2,27,33)/t16-,17+,23?. The highest BCUT2D eigenvalue weighted by molar-refractivity contribution is 7.07. The van der Waals surface area contributed by atoms with Crippen molar-refractivity contribution in [2.24, 2.45) is 24.6 Å². The summed E-state index contributed by atoms with van der Waals surface area (Å²) in [4.78, 5) is 35.6. The van der Waals surface area contributed by atoms with Gasteiger partial charge in [-0.25, -0.2) is 14.4 Å². The zero-order valence-electron chi connectivity index (χ0n) is 19.2. The first-order chi connectivity index (χ1) is 17.4. The monoisotopic (exact) mass is 504 g/mol. The molecule has 1 aliphatic carbocycles. The number of nitrogens with two attached hydrogens (primary N) is 1. The molecule has 11 heteroatoms. The Hall–Kier alpha value is -4.12. The van der Waals surface area contributed by atoms with E-state index < -0.39 is 5.91 Å². The van der Waals surface area contributed by atoms with Crippen molar-refractivity contribution in [2.45, 2.75) is 6.10 Å². The van der Waals surface area contributed by atoms with Gasteiger partial charge in [0.1, 0.15) is 29.0 Å². The largest absolute Gasteiger partial charge is 0.474 e. The molecule has 3 aromatic heterocycles. The summed E-state index contributed by atoms with van der Waals surface area (Å²) in [6.45, 7) is 1.12. The van der Waals surface area contributed by atoms with E-state index >= 15 is 0 Å². The van der Waals surface area contributed by atoms with Crippen molar-refractivity contribution in [3.63, 3.8) is 0 Å². The van der Waals surface area contributed by atoms with Crippen molar-refractivity contribution in [1.82, 2.24) is 24.6 Å². The summed E-state index contributed by atoms with van der Waals surface area (Å²) >= 11 is 1.48. The lowest BCUT2D eigenvalue weighted by Gasteiger charge is -2.20. The summed E-state index contributed by atoms with van der Waals surface area (Å²) in [7, 11) is 1.75. The number of hydrogen-bond donors (Lipinski definition) is 1. The Balaban J connectivity index is 1.15. The maximum Gasteiger partial charge on any atom is 0.272 e. The number of likely N-dealkylation sites (tertiary alicyclic amines) is 1. The Kier molecular flexibility index (Phi) is 5.29. The SMILES string of the molecule is Cn1nc(-c2cscn2)cc1C(=O)N1C[C@@H]2C(Oc3cc(C(N)=O)cc(-c4ccc(F)cc4)n3)[C@@H]2C1. The van der Waals surface area contributed by atoms with Crippen LogP contribution >= 0.6 is 11.3 Å². The van der Waals surface area contributed by atoms with E-state index in [-0.39, 0.29) is 41.1 Å². The number of rotatable bonds is 6. The number of ether oxygens (including phenoxy) is 1. The molecule has 2 aliphatic rings. The highest BCUT2D eigenvalue weighted by Gasteiger charge is 2.59. The first-order valence-corrected chi connectivity index (χ1v) is 12.3. The van der Waals surface area contributed by atoms with Crippen molar-refractivity contribution in [3.8, 4) is 28.5 Å². The molecule has 4 aromatic rings. The predicted molar refractivity (Wildman–Crippen MR) is 130 cm³/mol. The van der Waals surface area contributed by atoms with Crippen LogP contribution < -0.4 is 10.5 Å². The van der Waals surface area contributed by atoms with Crippen molar-refractivity contribution in [2.75, 3.05) is 13.1 Å². The average molecular weight is 505 g/mol. The molecule has 2 amide bonds. The summed E-state index contributed by atoms with van der Waals surface area (Å²) in [5.41, 5.74) is 10.5. The molecule has 36 heavy (non-hydrogen) atoms. The molecule has 182 valence electrons. The van der Waals surface area contributed by atoms with E-state index in [0.29, 0.717) is 35.7 Å². The topological polar surface area (TPSA) is 116 Å². The van der Waals surface area contributed by atoms with Gasteiger partial charge in [0.2, 0.25) is 11.8 Å². The van der Waals surface area contributed by atoms with Gasteiger partial charge in [0, 0.05) is 54.5 Å². The van der Waals surface area contributed by atoms with Crippen molar-refractivity contribution in [1.29, 1.82) is 0 Å². The van der Waals surface area contributed by atoms with Gasteiger partial charge < -0.3 is 15.4 Å². The van der Waals surface area contributed by atoms with Crippen LogP contribution in [-0.4, -0.2) is 55.7 Å². The van der Waals surface area contributed by atoms with Crippen LogP contribution in [0, 0.1) is 17.7 Å². The summed E-state index contributed by atoms with van der Waals surface area (Å²) in [5, 5.41) is 6.32. The lowest BCUT2D eigenvalue weighted by molar-refractivity contribution is 0.0740. The average Bonchev–Trinajstić information content (AvgIpc) is 3.37. The number of piperidine rings is 1. The molecular weight excluding hydrogens is 483 g/mol. The van der Waals surface area contributed by atoms with E-state index in [9.17, 15) is 14.0 Å². The summed E-state index contributed by atoms with van der Waals surface area (Å²) in [6.07, 6.45) is -0.108. The van der Waals surface area contributed by atoms with Crippen molar-refractivity contribution < 1.29 is 18.7 Å². The lowest BCUT2D eigenvalue weighted by Crippen LogP contribution is -2.34. The highest BCUT2D eigenvalue weighted by Crippen LogP contribution is 2.48. The minimum absolute atomic E-state index is 0.0788. The van der Waals surface area contributed by atoms with Crippen LogP contribution in [0.5, 0.6) is 5.88 Å². The summed E-state index contributed by atoms with van der Waals surface area (Å²) in [6, 6.07) is 10.7. The number of carbonyl (C=O) groups is 2. The van der Waals surface area contributed by atoms with Gasteiger partial charge in [0.25, 0.3) is 5.91 Å². The van der Waals surface area contributed by atoms with Gasteiger partial charge in [0.05, 0.1) is 11.2 Å². The lowest BCUT2D eigenvalue weighted by atomic mass is 10.1. The second kappa shape index (κ2) is 8.52. The predicted octanol–water partition coefficient (Wildman–Crippen LogP) is 2.99. The molecule has 1 unspecified atom stereocenters. The van der Waals surface area contributed by atoms with E-state index in [0.717, 1.165) is 5.69 Å². The highest BCUT2D eigenvalue weighted by atomic mass is 32.1. The normalized spacial score (nSPS) is 20.3. The smallest absolute Gasteiger partial charge is 0.272 e. The Morgan fingerprint density at radius 1 is 1.08 bits per heavy atom. The molecule has 2 N–H and O–H groups in total. The van der Waals surface area contributed by atoms with E-state index in [2.05, 4.69) is 15.1 Å². The number of aryl methyl sites for hydroxylation is 1. The van der Waals surface area contributed by atoms with Gasteiger partial charge in [-0.2, -0.15) is 5.10 Å². The maximum absolute atomic E-state index is 13.3. The minimum Gasteiger partial charge on any atom is -0.474 e. The molecule has 3 atom stereocenters. The van der Waals surface area contributed by atoms with Crippen LogP contribution in [0.1, 0.15) is 20.8 Å². The van der Waals surface area contributed by atoms with Gasteiger partial charge in [-0.1, -0.05) is 0 Å². The number of nitrogens with zero attached hydrogens (tertiary/aromatic N) is 5. The Morgan fingerprint density at radius 2 is 1.83 bits per heavy atom. The molecule has 6 rings (SSSR count). The third kappa shape index (κ3) is 4.01. The van der Waals surface area contributed by atoms with E-state index in [4.69, 9.17) is 10.5 Å². The van der Waals surface area contributed by atoms with Crippen LogP contribution in [-0.2, 0) is 7.05 Å². The van der Waals surface area contributed by atoms with E-state index in [1.165, 1.54) is 29.5 Å². The fourth-order valence-electron chi connectivity index (χ4n) is 4.72. The number of fused-ring (bicyclic) bond motifs is 1. The number of thiazole rings is 1. The number of carbonyl (C=O) groups excluding carboxylic acids is 2. The van der Waals surface area contributed by atoms with Gasteiger partial charge in [0.15, 0.2) is 0 Å². The second-order valence-electron chi connectivity index (χ2n) is 8.98. The minimum atomic E-state index is -0.605. The number of aromatic nitrogens is 4. The first-order valence-electron chi connectivity index (χ1n) is 11.3. The molecule has 1 aliphatic heterocycles. The Bertz CT molecular complexity index is 1460. The van der Waals surface area contributed by atoms with Gasteiger partial charge in [-0.05, 0) is 36.4 Å². The maximum atomic E-state index is 13.3. The van der Waals surface area contributed by atoms with Gasteiger partial charge in [-0.3, -0.25) is 14.3 Å². The Morgan fingerprint density at radius 3 is 2.50 bits per heavy atom. The van der Waals surface area contributed by atoms with E-state index in [1.54, 1.807) is 41.5 Å². The van der Waals surface area contributed by atoms with Crippen LogP contribution in [0.2, 0.25) is 0 Å². The molecular formula is C25H21FN6O3S. The van der Waals surface area contributed by atoms with Gasteiger partial charge >= 0.3 is 0 Å². The fraction of sp³-hybridized carbons (Fsp3) is 0.240. The summed E-state index contributed by atoms with van der Waals surface area (Å²) in [5.74, 6) is -0.419. The number of pyridine rings is 1. The molecule has 1 aromatic carbocycles. The molecule has 1 saturated heterocycles. The molecule has 0 radical (unpaired) electrons. The fourth-order valence-corrected chi connectivity index (χ4v) is 5.27. The Labute approximate surface area is 209 Å². The number of halogens is 1. The van der Waals surface area contributed by atoms with Crippen LogP contribution in [0.25, 0.3) is 22.6 Å². The first kappa shape index (κ1) is 22.4. The van der Waals surface area contributed by atoms with Crippen molar-refractivity contribution in [3.05, 3.63) is 70.4 Å². The zero-order valence-corrected chi connectivity index (χ0v) is 20.0. The summed E-state index contributed by atoms with van der Waals surface area (Å²) < 4.78 is 21.0. The molecule has 0 bridgehead atoms. The third-order valence-electron chi connectivity index (χ3n) is 6.68. The van der Waals surface area contributed by atoms with Crippen LogP contribution in [0.4, 0.5) is 4.39 Å². The molecule has 1 saturated carbocycles. The number of hydrogen-bond acceptors (Lipinski definition) is 7. The molecule has 0 spiro atoms. The third-order valence-corrected chi connectivity index (χ3v) is 7.27. The van der Waals surface area contributed by atoms with E-state index in [1.807, 2.05) is 10.3 Å². The number of primary amides is 1. The van der Waals surface area contributed by atoms with Gasteiger partial charge in [-0.15, -0.1) is 11.3 Å². The zero-order chi connectivity index (χ0) is 25.0. The number of amides is 2. The van der Waals surface area contributed by atoms with Crippen LogP contribution in [0.3, 0.4) is 0 Å². The second-order valence-corrected chi connectivity index (χ2v) is 9.70. The van der Waals surface area contributed by atoms with Crippen molar-refractivity contribution >= 4 is 23.2 Å². The quantitative estimate of drug-likeness (QED) is 0.432. The molecule has 4 heterocycles. The molecule has 9 nitrogen and oxygen atoms in total. The number of benzene rings is 1.